The minimum atomic E-state index is -4.15. The summed E-state index contributed by atoms with van der Waals surface area (Å²) in [5, 5.41) is 2.88. The average Bonchev–Trinajstić information content (AvgIpc) is 2.98. The number of hydrogen-bond donors (Lipinski definition) is 1. The van der Waals surface area contributed by atoms with Gasteiger partial charge in [0.1, 0.15) is 24.1 Å². The average molecular weight is 582 g/mol. The summed E-state index contributed by atoms with van der Waals surface area (Å²) >= 11 is 0. The molecule has 1 N–H and O–H groups in total. The third-order valence-electron chi connectivity index (χ3n) is 6.41. The number of ether oxygens (including phenoxy) is 2. The number of anilines is 1. The predicted molar refractivity (Wildman–Crippen MR) is 159 cm³/mol. The van der Waals surface area contributed by atoms with Crippen molar-refractivity contribution in [2.45, 2.75) is 45.2 Å². The summed E-state index contributed by atoms with van der Waals surface area (Å²) < 4.78 is 39.5. The largest absolute Gasteiger partial charge is 0.497 e. The van der Waals surface area contributed by atoms with Crippen LogP contribution in [0.2, 0.25) is 0 Å². The highest BCUT2D eigenvalue weighted by Crippen LogP contribution is 2.26. The third kappa shape index (κ3) is 8.47. The van der Waals surface area contributed by atoms with Gasteiger partial charge in [-0.1, -0.05) is 44.2 Å². The molecule has 0 saturated heterocycles. The Morgan fingerprint density at radius 2 is 1.49 bits per heavy atom. The van der Waals surface area contributed by atoms with E-state index < -0.39 is 28.5 Å². The van der Waals surface area contributed by atoms with Crippen molar-refractivity contribution in [3.63, 3.8) is 0 Å². The van der Waals surface area contributed by atoms with Gasteiger partial charge in [-0.25, -0.2) is 8.42 Å². The number of carbonyl (C=O) groups excluding carboxylic acids is 2. The summed E-state index contributed by atoms with van der Waals surface area (Å²) in [4.78, 5) is 28.4. The van der Waals surface area contributed by atoms with Crippen LogP contribution >= 0.6 is 0 Å². The molecule has 2 amide bonds. The maximum atomic E-state index is 14.0. The van der Waals surface area contributed by atoms with Crippen LogP contribution in [0.1, 0.15) is 33.3 Å². The Hall–Kier alpha value is -4.05. The quantitative estimate of drug-likeness (QED) is 0.301. The fourth-order valence-corrected chi connectivity index (χ4v) is 5.50. The number of carbonyl (C=O) groups is 2. The first kappa shape index (κ1) is 31.5. The highest BCUT2D eigenvalue weighted by Gasteiger charge is 2.32. The highest BCUT2D eigenvalue weighted by molar-refractivity contribution is 7.92. The molecule has 0 radical (unpaired) electrons. The number of amides is 2. The molecule has 0 aliphatic heterocycles. The Balaban J connectivity index is 1.97. The van der Waals surface area contributed by atoms with Crippen LogP contribution in [0.5, 0.6) is 11.5 Å². The minimum Gasteiger partial charge on any atom is -0.497 e. The molecule has 0 saturated carbocycles. The van der Waals surface area contributed by atoms with Gasteiger partial charge in [0, 0.05) is 13.1 Å². The second kappa shape index (κ2) is 14.5. The van der Waals surface area contributed by atoms with Crippen molar-refractivity contribution in [3.8, 4) is 11.5 Å². The molecule has 1 atom stereocenters. The molecular weight excluding hydrogens is 542 g/mol. The molecule has 0 aliphatic carbocycles. The first-order chi connectivity index (χ1) is 19.6. The first-order valence-electron chi connectivity index (χ1n) is 13.6. The summed E-state index contributed by atoms with van der Waals surface area (Å²) in [7, 11) is -2.59. The Morgan fingerprint density at radius 1 is 0.878 bits per heavy atom. The van der Waals surface area contributed by atoms with Crippen LogP contribution in [0.15, 0.2) is 83.8 Å². The summed E-state index contributed by atoms with van der Waals surface area (Å²) in [6.45, 7) is 7.95. The number of hydrogen-bond acceptors (Lipinski definition) is 6. The molecule has 220 valence electrons. The number of nitrogens with one attached hydrogen (secondary N) is 1. The van der Waals surface area contributed by atoms with E-state index in [0.29, 0.717) is 30.3 Å². The second-order valence-corrected chi connectivity index (χ2v) is 11.8. The maximum absolute atomic E-state index is 14.0. The van der Waals surface area contributed by atoms with Crippen molar-refractivity contribution in [3.05, 3.63) is 84.4 Å². The van der Waals surface area contributed by atoms with Crippen LogP contribution in [0.3, 0.4) is 0 Å². The zero-order valence-corrected chi connectivity index (χ0v) is 25.1. The number of nitrogens with zero attached hydrogens (tertiary/aromatic N) is 2. The van der Waals surface area contributed by atoms with E-state index in [4.69, 9.17) is 9.47 Å². The van der Waals surface area contributed by atoms with Gasteiger partial charge in [-0.3, -0.25) is 13.9 Å². The normalized spacial score (nSPS) is 12.0. The molecule has 0 aliphatic rings. The molecule has 0 bridgehead atoms. The maximum Gasteiger partial charge on any atom is 0.264 e. The van der Waals surface area contributed by atoms with E-state index >= 15 is 0 Å². The summed E-state index contributed by atoms with van der Waals surface area (Å²) in [5.74, 6) is 0.587. The van der Waals surface area contributed by atoms with Gasteiger partial charge in [0.25, 0.3) is 10.0 Å². The lowest BCUT2D eigenvalue weighted by molar-refractivity contribution is -0.139. The van der Waals surface area contributed by atoms with E-state index in [1.54, 1.807) is 68.6 Å². The Labute approximate surface area is 243 Å². The van der Waals surface area contributed by atoms with E-state index in [-0.39, 0.29) is 23.3 Å². The summed E-state index contributed by atoms with van der Waals surface area (Å²) in [6, 6.07) is 20.8. The van der Waals surface area contributed by atoms with Crippen molar-refractivity contribution in [1.82, 2.24) is 10.2 Å². The van der Waals surface area contributed by atoms with Crippen LogP contribution < -0.4 is 19.1 Å². The van der Waals surface area contributed by atoms with Gasteiger partial charge >= 0.3 is 0 Å². The number of rotatable bonds is 14. The number of benzene rings is 3. The molecule has 3 aromatic rings. The summed E-state index contributed by atoms with van der Waals surface area (Å²) in [5.41, 5.74) is 1.10. The Bertz CT molecular complexity index is 1380. The van der Waals surface area contributed by atoms with E-state index in [0.717, 1.165) is 9.87 Å². The van der Waals surface area contributed by atoms with Crippen molar-refractivity contribution in [2.75, 3.05) is 31.1 Å². The highest BCUT2D eigenvalue weighted by atomic mass is 32.2. The predicted octanol–water partition coefficient (Wildman–Crippen LogP) is 4.48. The molecule has 0 spiro atoms. The van der Waals surface area contributed by atoms with Crippen LogP contribution in [0.25, 0.3) is 0 Å². The fraction of sp³-hybridized carbons (Fsp3) is 0.355. The zero-order chi connectivity index (χ0) is 30.0. The molecular formula is C31H39N3O6S. The Kier molecular flexibility index (Phi) is 11.2. The van der Waals surface area contributed by atoms with E-state index in [1.165, 1.54) is 17.0 Å². The van der Waals surface area contributed by atoms with Gasteiger partial charge in [0.2, 0.25) is 11.8 Å². The van der Waals surface area contributed by atoms with Crippen LogP contribution in [0.4, 0.5) is 5.69 Å². The Morgan fingerprint density at radius 3 is 2.05 bits per heavy atom. The molecule has 3 rings (SSSR count). The van der Waals surface area contributed by atoms with Crippen molar-refractivity contribution >= 4 is 27.5 Å². The molecule has 10 heteroatoms. The van der Waals surface area contributed by atoms with Gasteiger partial charge in [-0.05, 0) is 73.9 Å². The van der Waals surface area contributed by atoms with Gasteiger partial charge in [0.15, 0.2) is 0 Å². The number of methoxy groups -OCH3 is 1. The van der Waals surface area contributed by atoms with Crippen molar-refractivity contribution in [2.24, 2.45) is 5.92 Å². The molecule has 9 nitrogen and oxygen atoms in total. The van der Waals surface area contributed by atoms with Crippen molar-refractivity contribution < 1.29 is 27.5 Å². The SMILES string of the molecule is CCOc1ccc(S(=O)(=O)N(CC(=O)N(Cc2ccc(OC)cc2)[C@@H](C)C(=O)NCC(C)C)c2ccccc2)cc1. The minimum absolute atomic E-state index is 0.0158. The lowest BCUT2D eigenvalue weighted by atomic mass is 10.1. The lowest BCUT2D eigenvalue weighted by Crippen LogP contribution is -2.51. The smallest absolute Gasteiger partial charge is 0.264 e. The standard InChI is InChI=1S/C31H39N3O6S/c1-6-40-28-16-18-29(19-17-28)41(37,38)34(26-10-8-7-9-11-26)22-30(35)33(24(4)31(36)32-20-23(2)3)21-25-12-14-27(39-5)15-13-25/h7-19,23-24H,6,20-22H2,1-5H3,(H,32,36)/t24-/m0/s1. The summed E-state index contributed by atoms with van der Waals surface area (Å²) in [6.07, 6.45) is 0. The number of para-hydroxylation sites is 1. The number of sulfonamides is 1. The van der Waals surface area contributed by atoms with Crippen LogP contribution in [0, 0.1) is 5.92 Å². The monoisotopic (exact) mass is 581 g/mol. The zero-order valence-electron chi connectivity index (χ0n) is 24.2. The van der Waals surface area contributed by atoms with Crippen LogP contribution in [-0.2, 0) is 26.2 Å². The fourth-order valence-electron chi connectivity index (χ4n) is 4.09. The van der Waals surface area contributed by atoms with Gasteiger partial charge in [-0.15, -0.1) is 0 Å². The molecule has 41 heavy (non-hydrogen) atoms. The lowest BCUT2D eigenvalue weighted by Gasteiger charge is -2.32. The molecule has 3 aromatic carbocycles. The topological polar surface area (TPSA) is 105 Å². The molecule has 0 aromatic heterocycles. The van der Waals surface area contributed by atoms with Gasteiger partial charge < -0.3 is 19.7 Å². The van der Waals surface area contributed by atoms with E-state index in [9.17, 15) is 18.0 Å². The molecule has 0 heterocycles. The van der Waals surface area contributed by atoms with Gasteiger partial charge in [-0.2, -0.15) is 0 Å². The van der Waals surface area contributed by atoms with E-state index in [2.05, 4.69) is 5.32 Å². The second-order valence-electron chi connectivity index (χ2n) is 9.94. The van der Waals surface area contributed by atoms with Crippen molar-refractivity contribution in [1.29, 1.82) is 0 Å². The van der Waals surface area contributed by atoms with E-state index in [1.807, 2.05) is 32.9 Å². The van der Waals surface area contributed by atoms with Crippen LogP contribution in [-0.4, -0.2) is 58.0 Å². The first-order valence-corrected chi connectivity index (χ1v) is 15.0. The molecule has 0 unspecified atom stereocenters. The molecule has 0 fully saturated rings. The van der Waals surface area contributed by atoms with Gasteiger partial charge in [0.05, 0.1) is 24.3 Å². The third-order valence-corrected chi connectivity index (χ3v) is 8.20.